The Morgan fingerprint density at radius 2 is 2.00 bits per heavy atom. The Labute approximate surface area is 109 Å². The zero-order valence-electron chi connectivity index (χ0n) is 10.8. The molecular weight excluding hydrogens is 229 g/mol. The zero-order chi connectivity index (χ0) is 13.2. The van der Waals surface area contributed by atoms with Crippen molar-refractivity contribution in [3.63, 3.8) is 0 Å². The van der Waals surface area contributed by atoms with Crippen LogP contribution in [0.25, 0.3) is 6.08 Å². The van der Waals surface area contributed by atoms with Crippen molar-refractivity contribution in [2.45, 2.75) is 6.82 Å². The largest absolute Gasteiger partial charge is 0.491 e. The van der Waals surface area contributed by atoms with Crippen LogP contribution in [0.1, 0.15) is 5.56 Å². The Bertz CT molecular complexity index is 341. The normalized spacial score (nSPS) is 10.1. The molecule has 1 aromatic carbocycles. The highest BCUT2D eigenvalue weighted by atomic mass is 16.5. The maximum Gasteiger partial charge on any atom is 0.373 e. The van der Waals surface area contributed by atoms with E-state index in [0.717, 1.165) is 11.3 Å². The van der Waals surface area contributed by atoms with Gasteiger partial charge in [0, 0.05) is 6.54 Å². The summed E-state index contributed by atoms with van der Waals surface area (Å²) in [7, 11) is -0.492. The van der Waals surface area contributed by atoms with Gasteiger partial charge in [-0.1, -0.05) is 24.8 Å². The van der Waals surface area contributed by atoms with Gasteiger partial charge in [-0.3, -0.25) is 0 Å². The molecule has 0 unspecified atom stereocenters. The van der Waals surface area contributed by atoms with Gasteiger partial charge in [0.2, 0.25) is 0 Å². The molecule has 0 aliphatic heterocycles. The molecule has 5 heteroatoms. The quantitative estimate of drug-likeness (QED) is 0.513. The average Bonchev–Trinajstić information content (AvgIpc) is 2.38. The van der Waals surface area contributed by atoms with Crippen molar-refractivity contribution in [3.8, 4) is 5.75 Å². The molecule has 98 valence electrons. The van der Waals surface area contributed by atoms with E-state index in [9.17, 15) is 0 Å². The van der Waals surface area contributed by atoms with Crippen LogP contribution in [-0.2, 0) is 4.74 Å². The highest BCUT2D eigenvalue weighted by Crippen LogP contribution is 2.12. The van der Waals surface area contributed by atoms with E-state index >= 15 is 0 Å². The van der Waals surface area contributed by atoms with E-state index in [-0.39, 0.29) is 0 Å². The lowest BCUT2D eigenvalue weighted by atomic mass is 9.89. The van der Waals surface area contributed by atoms with Crippen LogP contribution in [0.2, 0.25) is 6.82 Å². The molecule has 0 saturated carbocycles. The maximum absolute atomic E-state index is 8.95. The van der Waals surface area contributed by atoms with Crippen molar-refractivity contribution in [2.75, 3.05) is 26.4 Å². The van der Waals surface area contributed by atoms with Gasteiger partial charge in [-0.15, -0.1) is 0 Å². The highest BCUT2D eigenvalue weighted by Gasteiger charge is 1.99. The molecule has 4 nitrogen and oxygen atoms in total. The standard InChI is InChI=1S/C13H20BNO3/c1-3-12-4-6-13(7-5-12)18-11-10-17-9-8-15-14(2)16/h3-7,15-16H,1,8-11H2,2H3. The molecule has 0 heterocycles. The average molecular weight is 249 g/mol. The first-order chi connectivity index (χ1) is 8.72. The second-order valence-corrected chi connectivity index (χ2v) is 3.86. The lowest BCUT2D eigenvalue weighted by Gasteiger charge is -2.08. The number of ether oxygens (including phenoxy) is 2. The lowest BCUT2D eigenvalue weighted by molar-refractivity contribution is 0.104. The molecule has 1 aromatic rings. The molecule has 0 spiro atoms. The van der Waals surface area contributed by atoms with Crippen LogP contribution in [0, 0.1) is 0 Å². The molecule has 18 heavy (non-hydrogen) atoms. The van der Waals surface area contributed by atoms with Gasteiger partial charge in [-0.2, -0.15) is 0 Å². The third-order valence-corrected chi connectivity index (χ3v) is 2.30. The van der Waals surface area contributed by atoms with Crippen molar-refractivity contribution in [1.29, 1.82) is 0 Å². The molecule has 1 rings (SSSR count). The third-order valence-electron chi connectivity index (χ3n) is 2.30. The first kappa shape index (κ1) is 14.8. The summed E-state index contributed by atoms with van der Waals surface area (Å²) in [5.41, 5.74) is 1.07. The fraction of sp³-hybridized carbons (Fsp3) is 0.385. The molecular formula is C13H20BNO3. The summed E-state index contributed by atoms with van der Waals surface area (Å²) in [5, 5.41) is 11.8. The van der Waals surface area contributed by atoms with Gasteiger partial charge in [-0.05, 0) is 24.5 Å². The van der Waals surface area contributed by atoms with Crippen LogP contribution in [0.5, 0.6) is 5.75 Å². The first-order valence-electron chi connectivity index (χ1n) is 6.07. The summed E-state index contributed by atoms with van der Waals surface area (Å²) < 4.78 is 10.8. The van der Waals surface area contributed by atoms with E-state index in [1.54, 1.807) is 12.9 Å². The molecule has 0 radical (unpaired) electrons. The zero-order valence-corrected chi connectivity index (χ0v) is 10.8. The molecule has 0 atom stereocenters. The van der Waals surface area contributed by atoms with Crippen molar-refractivity contribution >= 4 is 13.1 Å². The summed E-state index contributed by atoms with van der Waals surface area (Å²) in [6.07, 6.45) is 1.79. The van der Waals surface area contributed by atoms with Crippen LogP contribution in [0.3, 0.4) is 0 Å². The topological polar surface area (TPSA) is 50.7 Å². The monoisotopic (exact) mass is 249 g/mol. The second kappa shape index (κ2) is 8.75. The van der Waals surface area contributed by atoms with Gasteiger partial charge in [-0.25, -0.2) is 0 Å². The van der Waals surface area contributed by atoms with Crippen molar-refractivity contribution in [1.82, 2.24) is 5.23 Å². The number of hydrogen-bond acceptors (Lipinski definition) is 4. The SMILES string of the molecule is C=Cc1ccc(OCCOCCNB(C)O)cc1. The third kappa shape index (κ3) is 6.44. The highest BCUT2D eigenvalue weighted by molar-refractivity contribution is 6.45. The summed E-state index contributed by atoms with van der Waals surface area (Å²) in [6, 6.07) is 7.73. The number of hydrogen-bond donors (Lipinski definition) is 2. The lowest BCUT2D eigenvalue weighted by Crippen LogP contribution is -2.33. The molecule has 0 fully saturated rings. The smallest absolute Gasteiger partial charge is 0.373 e. The summed E-state index contributed by atoms with van der Waals surface area (Å²) in [5.74, 6) is 0.825. The number of rotatable bonds is 9. The first-order valence-corrected chi connectivity index (χ1v) is 6.07. The van der Waals surface area contributed by atoms with Crippen LogP contribution >= 0.6 is 0 Å². The molecule has 0 aliphatic rings. The van der Waals surface area contributed by atoms with E-state index in [4.69, 9.17) is 14.5 Å². The van der Waals surface area contributed by atoms with Crippen LogP contribution in [-0.4, -0.2) is 38.4 Å². The van der Waals surface area contributed by atoms with E-state index in [2.05, 4.69) is 11.8 Å². The molecule has 0 bridgehead atoms. The fourth-order valence-corrected chi connectivity index (χ4v) is 1.36. The second-order valence-electron chi connectivity index (χ2n) is 3.86. The summed E-state index contributed by atoms with van der Waals surface area (Å²) >= 11 is 0. The molecule has 0 aliphatic carbocycles. The van der Waals surface area contributed by atoms with E-state index in [1.165, 1.54) is 0 Å². The van der Waals surface area contributed by atoms with Gasteiger partial charge in [0.1, 0.15) is 12.4 Å². The Balaban J connectivity index is 2.05. The van der Waals surface area contributed by atoms with E-state index in [1.807, 2.05) is 24.3 Å². The molecule has 0 aromatic heterocycles. The minimum Gasteiger partial charge on any atom is -0.491 e. The van der Waals surface area contributed by atoms with Gasteiger partial charge >= 0.3 is 7.05 Å². The Morgan fingerprint density at radius 3 is 2.61 bits per heavy atom. The predicted molar refractivity (Wildman–Crippen MR) is 74.7 cm³/mol. The van der Waals surface area contributed by atoms with E-state index < -0.39 is 7.05 Å². The Morgan fingerprint density at radius 1 is 1.28 bits per heavy atom. The van der Waals surface area contributed by atoms with Crippen molar-refractivity contribution in [2.24, 2.45) is 0 Å². The van der Waals surface area contributed by atoms with Gasteiger partial charge in [0.05, 0.1) is 13.2 Å². The Kier molecular flexibility index (Phi) is 7.17. The van der Waals surface area contributed by atoms with Crippen molar-refractivity contribution < 1.29 is 14.5 Å². The predicted octanol–water partition coefficient (Wildman–Crippen LogP) is 1.42. The minimum atomic E-state index is -0.492. The molecule has 0 amide bonds. The minimum absolute atomic E-state index is 0.492. The summed E-state index contributed by atoms with van der Waals surface area (Å²) in [6.45, 7) is 7.61. The van der Waals surface area contributed by atoms with Crippen LogP contribution in [0.15, 0.2) is 30.8 Å². The van der Waals surface area contributed by atoms with Gasteiger partial charge in [0.25, 0.3) is 0 Å². The Hall–Kier alpha value is -1.30. The van der Waals surface area contributed by atoms with Crippen molar-refractivity contribution in [3.05, 3.63) is 36.4 Å². The number of benzene rings is 1. The van der Waals surface area contributed by atoms with E-state index in [0.29, 0.717) is 26.4 Å². The van der Waals surface area contributed by atoms with Crippen LogP contribution in [0.4, 0.5) is 0 Å². The maximum atomic E-state index is 8.95. The van der Waals surface area contributed by atoms with Gasteiger partial charge in [0.15, 0.2) is 0 Å². The summed E-state index contributed by atoms with van der Waals surface area (Å²) in [4.78, 5) is 0. The molecule has 0 saturated heterocycles. The fourth-order valence-electron chi connectivity index (χ4n) is 1.36. The number of nitrogens with one attached hydrogen (secondary N) is 1. The van der Waals surface area contributed by atoms with Crippen LogP contribution < -0.4 is 9.96 Å². The molecule has 2 N–H and O–H groups in total. The van der Waals surface area contributed by atoms with Gasteiger partial charge < -0.3 is 19.7 Å².